The molecule has 0 radical (unpaired) electrons. The van der Waals surface area contributed by atoms with E-state index in [0.29, 0.717) is 28.6 Å². The topological polar surface area (TPSA) is 70.7 Å². The Bertz CT molecular complexity index is 573. The van der Waals surface area contributed by atoms with Gasteiger partial charge in [0, 0.05) is 18.1 Å². The lowest BCUT2D eigenvalue weighted by atomic mass is 10.1. The van der Waals surface area contributed by atoms with E-state index < -0.39 is 0 Å². The molecule has 0 spiro atoms. The molecule has 0 fully saturated rings. The lowest BCUT2D eigenvalue weighted by molar-refractivity contribution is -0.118. The Labute approximate surface area is 134 Å². The van der Waals surface area contributed by atoms with Gasteiger partial charge in [-0.3, -0.25) is 9.59 Å². The molecular weight excluding hydrogens is 306 g/mol. The van der Waals surface area contributed by atoms with Gasteiger partial charge in [0.25, 0.3) is 11.8 Å². The van der Waals surface area contributed by atoms with Gasteiger partial charge in [-0.25, -0.2) is 0 Å². The summed E-state index contributed by atoms with van der Waals surface area (Å²) in [5, 5.41) is 5.88. The number of nitrogens with zero attached hydrogens (tertiary/aromatic N) is 1. The van der Waals surface area contributed by atoms with Gasteiger partial charge in [-0.05, 0) is 25.2 Å². The highest BCUT2D eigenvalue weighted by Crippen LogP contribution is 2.34. The molecule has 0 bridgehead atoms. The zero-order valence-corrected chi connectivity index (χ0v) is 13.5. The molecular formula is C15H20ClN3O3. The van der Waals surface area contributed by atoms with E-state index in [4.69, 9.17) is 16.3 Å². The summed E-state index contributed by atoms with van der Waals surface area (Å²) >= 11 is 6.01. The normalized spacial score (nSPS) is 13.4. The highest BCUT2D eigenvalue weighted by molar-refractivity contribution is 6.31. The molecule has 6 nitrogen and oxygen atoms in total. The smallest absolute Gasteiger partial charge is 0.262 e. The second kappa shape index (κ2) is 7.47. The maximum atomic E-state index is 12.3. The number of hydrogen-bond acceptors (Lipinski definition) is 4. The fraction of sp³-hybridized carbons (Fsp3) is 0.467. The van der Waals surface area contributed by atoms with Crippen LogP contribution >= 0.6 is 11.6 Å². The number of nitrogens with one attached hydrogen (secondary N) is 2. The van der Waals surface area contributed by atoms with Gasteiger partial charge in [0.05, 0.1) is 11.3 Å². The Balaban J connectivity index is 2.08. The van der Waals surface area contributed by atoms with E-state index in [1.807, 2.05) is 0 Å². The van der Waals surface area contributed by atoms with Crippen molar-refractivity contribution in [2.45, 2.75) is 13.8 Å². The number of benzene rings is 1. The van der Waals surface area contributed by atoms with E-state index >= 15 is 0 Å². The molecule has 1 aliphatic rings. The first-order chi connectivity index (χ1) is 10.5. The van der Waals surface area contributed by atoms with Gasteiger partial charge in [-0.1, -0.05) is 25.4 Å². The first kappa shape index (κ1) is 16.6. The number of amides is 2. The van der Waals surface area contributed by atoms with E-state index in [0.717, 1.165) is 19.6 Å². The molecule has 0 aliphatic carbocycles. The number of anilines is 1. The van der Waals surface area contributed by atoms with Crippen LogP contribution in [0.4, 0.5) is 5.69 Å². The predicted octanol–water partition coefficient (Wildman–Crippen LogP) is 1.74. The lowest BCUT2D eigenvalue weighted by Gasteiger charge is -2.21. The summed E-state index contributed by atoms with van der Waals surface area (Å²) in [6.45, 7) is 7.24. The third kappa shape index (κ3) is 3.90. The molecule has 1 aromatic carbocycles. The molecule has 7 heteroatoms. The average molecular weight is 326 g/mol. The summed E-state index contributed by atoms with van der Waals surface area (Å²) in [5.74, 6) is -0.158. The van der Waals surface area contributed by atoms with E-state index in [1.165, 1.54) is 0 Å². The molecule has 120 valence electrons. The first-order valence-electron chi connectivity index (χ1n) is 7.31. The Hall–Kier alpha value is -1.79. The van der Waals surface area contributed by atoms with Gasteiger partial charge in [0.15, 0.2) is 12.4 Å². The van der Waals surface area contributed by atoms with Crippen molar-refractivity contribution in [3.05, 3.63) is 22.7 Å². The molecule has 1 aromatic rings. The van der Waals surface area contributed by atoms with Crippen molar-refractivity contribution >= 4 is 29.1 Å². The Morgan fingerprint density at radius 2 is 2.14 bits per heavy atom. The summed E-state index contributed by atoms with van der Waals surface area (Å²) in [4.78, 5) is 25.9. The maximum Gasteiger partial charge on any atom is 0.262 e. The standard InChI is InChI=1S/C15H20ClN3O3/c1-3-19(4-2)6-5-17-15(21)11-7-10(16)8-12-14(11)22-9-13(20)18-12/h7-8H,3-6,9H2,1-2H3,(H,17,21)(H,18,20). The van der Waals surface area contributed by atoms with Crippen molar-refractivity contribution in [1.29, 1.82) is 0 Å². The Morgan fingerprint density at radius 1 is 1.41 bits per heavy atom. The molecule has 0 saturated carbocycles. The van der Waals surface area contributed by atoms with Crippen LogP contribution in [0.5, 0.6) is 5.75 Å². The number of halogens is 1. The summed E-state index contributed by atoms with van der Waals surface area (Å²) in [5.41, 5.74) is 0.764. The van der Waals surface area contributed by atoms with Crippen molar-refractivity contribution < 1.29 is 14.3 Å². The second-order valence-electron chi connectivity index (χ2n) is 4.95. The maximum absolute atomic E-state index is 12.3. The number of carbonyl (C=O) groups is 2. The Kier molecular flexibility index (Phi) is 5.63. The van der Waals surface area contributed by atoms with Crippen molar-refractivity contribution in [2.75, 3.05) is 38.1 Å². The van der Waals surface area contributed by atoms with Crippen LogP contribution in [0, 0.1) is 0 Å². The van der Waals surface area contributed by atoms with Gasteiger partial charge in [-0.2, -0.15) is 0 Å². The Morgan fingerprint density at radius 3 is 2.82 bits per heavy atom. The van der Waals surface area contributed by atoms with Gasteiger partial charge >= 0.3 is 0 Å². The minimum absolute atomic E-state index is 0.103. The SMILES string of the molecule is CCN(CC)CCNC(=O)c1cc(Cl)cc2c1OCC(=O)N2. The second-order valence-corrected chi connectivity index (χ2v) is 5.39. The summed E-state index contributed by atoms with van der Waals surface area (Å²) in [6, 6.07) is 3.12. The van der Waals surface area contributed by atoms with E-state index in [2.05, 4.69) is 29.4 Å². The third-order valence-electron chi connectivity index (χ3n) is 3.53. The third-order valence-corrected chi connectivity index (χ3v) is 3.75. The number of fused-ring (bicyclic) bond motifs is 1. The van der Waals surface area contributed by atoms with Gasteiger partial charge in [0.2, 0.25) is 0 Å². The minimum Gasteiger partial charge on any atom is -0.481 e. The fourth-order valence-corrected chi connectivity index (χ4v) is 2.52. The molecule has 1 heterocycles. The summed E-state index contributed by atoms with van der Waals surface area (Å²) < 4.78 is 5.37. The van der Waals surface area contributed by atoms with Crippen LogP contribution < -0.4 is 15.4 Å². The van der Waals surface area contributed by atoms with Crippen LogP contribution in [0.25, 0.3) is 0 Å². The molecule has 1 aliphatic heterocycles. The van der Waals surface area contributed by atoms with Crippen LogP contribution in [0.1, 0.15) is 24.2 Å². The molecule has 0 aromatic heterocycles. The van der Waals surface area contributed by atoms with Gasteiger partial charge in [-0.15, -0.1) is 0 Å². The first-order valence-corrected chi connectivity index (χ1v) is 7.69. The quantitative estimate of drug-likeness (QED) is 0.836. The molecule has 0 atom stereocenters. The number of rotatable bonds is 6. The molecule has 0 saturated heterocycles. The largest absolute Gasteiger partial charge is 0.481 e. The van der Waals surface area contributed by atoms with E-state index in [-0.39, 0.29) is 18.4 Å². The van der Waals surface area contributed by atoms with Crippen molar-refractivity contribution in [1.82, 2.24) is 10.2 Å². The summed E-state index contributed by atoms with van der Waals surface area (Å²) in [7, 11) is 0. The van der Waals surface area contributed by atoms with Crippen molar-refractivity contribution in [3.63, 3.8) is 0 Å². The predicted molar refractivity (Wildman–Crippen MR) is 85.7 cm³/mol. The molecule has 0 unspecified atom stereocenters. The zero-order valence-electron chi connectivity index (χ0n) is 12.7. The monoisotopic (exact) mass is 325 g/mol. The van der Waals surface area contributed by atoms with Crippen LogP contribution in [-0.2, 0) is 4.79 Å². The van der Waals surface area contributed by atoms with Gasteiger partial charge < -0.3 is 20.3 Å². The van der Waals surface area contributed by atoms with Crippen LogP contribution in [0.15, 0.2) is 12.1 Å². The summed E-state index contributed by atoms with van der Waals surface area (Å²) in [6.07, 6.45) is 0. The molecule has 2 N–H and O–H groups in total. The number of carbonyl (C=O) groups excluding carboxylic acids is 2. The molecule has 2 rings (SSSR count). The van der Waals surface area contributed by atoms with Crippen LogP contribution in [0.2, 0.25) is 5.02 Å². The number of ether oxygens (including phenoxy) is 1. The fourth-order valence-electron chi connectivity index (χ4n) is 2.30. The minimum atomic E-state index is -0.262. The average Bonchev–Trinajstić information content (AvgIpc) is 2.50. The number of hydrogen-bond donors (Lipinski definition) is 2. The zero-order chi connectivity index (χ0) is 16.1. The molecule has 2 amide bonds. The van der Waals surface area contributed by atoms with E-state index in [1.54, 1.807) is 12.1 Å². The van der Waals surface area contributed by atoms with Crippen LogP contribution in [0.3, 0.4) is 0 Å². The number of likely N-dealkylation sites (N-methyl/N-ethyl adjacent to an activating group) is 1. The lowest BCUT2D eigenvalue weighted by Crippen LogP contribution is -2.35. The highest BCUT2D eigenvalue weighted by Gasteiger charge is 2.23. The van der Waals surface area contributed by atoms with Crippen LogP contribution in [-0.4, -0.2) is 49.5 Å². The highest BCUT2D eigenvalue weighted by atomic mass is 35.5. The molecule has 22 heavy (non-hydrogen) atoms. The van der Waals surface area contributed by atoms with Gasteiger partial charge in [0.1, 0.15) is 0 Å². The van der Waals surface area contributed by atoms with E-state index in [9.17, 15) is 9.59 Å². The van der Waals surface area contributed by atoms with Crippen molar-refractivity contribution in [3.8, 4) is 5.75 Å². The van der Waals surface area contributed by atoms with Crippen molar-refractivity contribution in [2.24, 2.45) is 0 Å².